The van der Waals surface area contributed by atoms with Gasteiger partial charge in [0.15, 0.2) is 15.6 Å². The topological polar surface area (TPSA) is 328 Å². The molecule has 0 spiro atoms. The van der Waals surface area contributed by atoms with Crippen LogP contribution in [-0.4, -0.2) is 131 Å². The summed E-state index contributed by atoms with van der Waals surface area (Å²) in [5, 5.41) is 26.2. The van der Waals surface area contributed by atoms with Crippen molar-refractivity contribution < 1.29 is 61.1 Å². The molecule has 26 heteroatoms. The molecule has 0 atom stereocenters. The number of hydrogen-bond donors (Lipinski definition) is 7. The standard InChI is InChI=1S/C33H42N6O7S.C29H36N6O6/c1-2-44-33-38-31-35-20-23-9-12-26(13-10-23)45-17-7-5-3-4-6-8-18-46-29-19-24(36-32(37-31)39-33)11-16-28(29)30(41)34-21-25(40)22-47(42,43)27-14-15-27;1-2-39-29-34-27-31-18-20-9-12-22(13-10-20)40-15-7-5-3-4-6-8-16-41-24-17-21(32-28(33-27)35-29)11-14-23(24)26(38)30-19-25(36)37/h9-13,16,19,27H,2-8,14-15,17-18,20-22H2,1H3,(H,34,41)(H2,35,36,37,38,39);9-14,17H,2-8,15-16,18-19H2,1H3,(H,30,38)(H,36,37)(H2,31,32,33,34,35). The van der Waals surface area contributed by atoms with Crippen LogP contribution < -0.4 is 60.3 Å². The largest absolute Gasteiger partial charge is 0.494 e. The molecule has 1 saturated carbocycles. The molecule has 1 fully saturated rings. The van der Waals surface area contributed by atoms with Gasteiger partial charge in [-0.25, -0.2) is 8.42 Å². The quantitative estimate of drug-likeness (QED) is 0.0566. The maximum Gasteiger partial charge on any atom is 0.323 e. The Bertz CT molecular complexity index is 3380. The highest BCUT2D eigenvalue weighted by Gasteiger charge is 2.37. The van der Waals surface area contributed by atoms with E-state index >= 15 is 0 Å². The Balaban J connectivity index is 0.000000230. The molecule has 88 heavy (non-hydrogen) atoms. The molecule has 6 aromatic rings. The molecule has 0 saturated heterocycles. The number of aromatic nitrogens is 6. The number of carboxylic acid groups (broad SMARTS) is 1. The van der Waals surface area contributed by atoms with Crippen LogP contribution in [0.4, 0.5) is 35.2 Å². The molecule has 470 valence electrons. The lowest BCUT2D eigenvalue weighted by Crippen LogP contribution is -2.33. The van der Waals surface area contributed by atoms with Crippen molar-refractivity contribution in [1.29, 1.82) is 0 Å². The molecule has 6 heterocycles. The minimum absolute atomic E-state index is 0.141. The monoisotopic (exact) mass is 1230 g/mol. The number of ketones is 1. The zero-order chi connectivity index (χ0) is 61.9. The van der Waals surface area contributed by atoms with E-state index in [2.05, 4.69) is 61.8 Å². The lowest BCUT2D eigenvalue weighted by Gasteiger charge is -2.15. The molecule has 1 aliphatic carbocycles. The summed E-state index contributed by atoms with van der Waals surface area (Å²) in [6, 6.07) is 25.9. The number of hydrogen-bond acceptors (Lipinski definition) is 22. The summed E-state index contributed by atoms with van der Waals surface area (Å²) < 4.78 is 59.4. The van der Waals surface area contributed by atoms with Gasteiger partial charge in [-0.05, 0) is 112 Å². The van der Waals surface area contributed by atoms with Crippen molar-refractivity contribution >= 4 is 68.6 Å². The van der Waals surface area contributed by atoms with E-state index in [1.54, 1.807) is 36.4 Å². The Morgan fingerprint density at radius 3 is 1.33 bits per heavy atom. The normalized spacial score (nSPS) is 15.2. The van der Waals surface area contributed by atoms with Gasteiger partial charge in [0, 0.05) is 36.6 Å². The van der Waals surface area contributed by atoms with Crippen LogP contribution in [0.2, 0.25) is 0 Å². The summed E-state index contributed by atoms with van der Waals surface area (Å²) in [7, 11) is -3.46. The number of carbonyl (C=O) groups is 4. The van der Waals surface area contributed by atoms with Gasteiger partial charge in [0.05, 0.1) is 62.6 Å². The van der Waals surface area contributed by atoms with Crippen LogP contribution >= 0.6 is 0 Å². The summed E-state index contributed by atoms with van der Waals surface area (Å²) in [4.78, 5) is 75.6. The van der Waals surface area contributed by atoms with Crippen LogP contribution in [0.25, 0.3) is 0 Å². The number of carboxylic acids is 1. The molecule has 0 radical (unpaired) electrons. The van der Waals surface area contributed by atoms with Crippen molar-refractivity contribution in [2.45, 2.75) is 122 Å². The predicted molar refractivity (Wildman–Crippen MR) is 330 cm³/mol. The van der Waals surface area contributed by atoms with Gasteiger partial charge in [-0.15, -0.1) is 0 Å². The second kappa shape index (κ2) is 33.7. The van der Waals surface area contributed by atoms with Crippen LogP contribution in [0.1, 0.15) is 136 Å². The number of nitrogens with one attached hydrogen (secondary N) is 6. The van der Waals surface area contributed by atoms with E-state index in [9.17, 15) is 27.6 Å². The number of amides is 2. The lowest BCUT2D eigenvalue weighted by atomic mass is 10.1. The first-order valence-corrected chi connectivity index (χ1v) is 31.8. The molecule has 5 aliphatic rings. The molecule has 11 rings (SSSR count). The first-order chi connectivity index (χ1) is 42.8. The van der Waals surface area contributed by atoms with E-state index in [0.29, 0.717) is 100 Å². The van der Waals surface area contributed by atoms with Crippen molar-refractivity contribution in [2.24, 2.45) is 0 Å². The second-order valence-corrected chi connectivity index (χ2v) is 23.3. The fourth-order valence-electron chi connectivity index (χ4n) is 9.12. The number of nitrogens with zero attached hydrogens (tertiary/aromatic N) is 6. The summed E-state index contributed by atoms with van der Waals surface area (Å²) >= 11 is 0. The second-order valence-electron chi connectivity index (χ2n) is 21.0. The molecular weight excluding hydrogens is 1150 g/mol. The Kier molecular flexibility index (Phi) is 24.9. The molecule has 12 bridgehead atoms. The first kappa shape index (κ1) is 64.9. The van der Waals surface area contributed by atoms with Crippen molar-refractivity contribution in [3.05, 3.63) is 107 Å². The molecule has 4 aliphatic heterocycles. The highest BCUT2D eigenvalue weighted by Crippen LogP contribution is 2.31. The molecule has 0 unspecified atom stereocenters. The predicted octanol–water partition coefficient (Wildman–Crippen LogP) is 9.17. The number of aliphatic carboxylic acids is 1. The number of ether oxygens (including phenoxy) is 6. The zero-order valence-corrected chi connectivity index (χ0v) is 50.6. The molecule has 4 aromatic carbocycles. The minimum Gasteiger partial charge on any atom is -0.494 e. The third-order valence-electron chi connectivity index (χ3n) is 13.9. The van der Waals surface area contributed by atoms with Crippen LogP contribution in [-0.2, 0) is 32.5 Å². The number of carbonyl (C=O) groups excluding carboxylic acids is 3. The number of benzene rings is 4. The average molecular weight is 1230 g/mol. The van der Waals surface area contributed by atoms with Gasteiger partial charge in [-0.1, -0.05) is 75.6 Å². The van der Waals surface area contributed by atoms with Gasteiger partial charge in [-0.3, -0.25) is 19.2 Å². The van der Waals surface area contributed by atoms with Gasteiger partial charge >= 0.3 is 18.0 Å². The number of sulfone groups is 1. The summed E-state index contributed by atoms with van der Waals surface area (Å²) in [6.07, 6.45) is 13.1. The molecule has 25 nitrogen and oxygen atoms in total. The van der Waals surface area contributed by atoms with Gasteiger partial charge in [-0.2, -0.15) is 29.9 Å². The van der Waals surface area contributed by atoms with E-state index in [1.165, 1.54) is 0 Å². The number of fused-ring (bicyclic) bond motifs is 24. The maximum atomic E-state index is 13.2. The van der Waals surface area contributed by atoms with Gasteiger partial charge in [0.2, 0.25) is 23.8 Å². The Morgan fingerprint density at radius 1 is 0.523 bits per heavy atom. The van der Waals surface area contributed by atoms with Gasteiger partial charge in [0.1, 0.15) is 35.3 Å². The fourth-order valence-corrected chi connectivity index (χ4v) is 10.8. The maximum absolute atomic E-state index is 13.2. The van der Waals surface area contributed by atoms with Crippen LogP contribution in [0.3, 0.4) is 0 Å². The van der Waals surface area contributed by atoms with E-state index < -0.39 is 51.0 Å². The highest BCUT2D eigenvalue weighted by atomic mass is 32.2. The summed E-state index contributed by atoms with van der Waals surface area (Å²) in [5.41, 5.74) is 3.63. The van der Waals surface area contributed by atoms with E-state index in [0.717, 1.165) is 99.7 Å². The number of Topliss-reactive ketones (excluding diaryl/α,β-unsaturated/α-hetero) is 1. The molecular formula is C62H78N12O13S. The number of anilines is 6. The SMILES string of the molecule is CCOc1nc2nc(n1)Nc1ccc(C(=O)NCC(=O)CS(=O)(=O)C3CC3)c(c1)OCCCCCCCCOc1ccc(cc1)CN2.CCOc1nc2nc(n1)Nc1ccc(C(=O)NCC(=O)O)c(c1)OCCCCCCCCOc1ccc(cc1)CN2. The fraction of sp³-hybridized carbons (Fsp3) is 0.452. The van der Waals surface area contributed by atoms with Gasteiger partial charge < -0.3 is 65.4 Å². The molecule has 2 amide bonds. The van der Waals surface area contributed by atoms with Crippen LogP contribution in [0.15, 0.2) is 84.9 Å². The minimum atomic E-state index is -3.46. The summed E-state index contributed by atoms with van der Waals surface area (Å²) in [5.74, 6) is 0.0655. The van der Waals surface area contributed by atoms with E-state index in [4.69, 9.17) is 33.5 Å². The Hall–Kier alpha value is -9.07. The first-order valence-electron chi connectivity index (χ1n) is 30.1. The van der Waals surface area contributed by atoms with Crippen molar-refractivity contribution in [3.63, 3.8) is 0 Å². The van der Waals surface area contributed by atoms with Crippen LogP contribution in [0, 0.1) is 0 Å². The van der Waals surface area contributed by atoms with Crippen molar-refractivity contribution in [3.8, 4) is 35.0 Å². The molecule has 2 aromatic heterocycles. The average Bonchev–Trinajstić information content (AvgIpc) is 3.76. The zero-order valence-electron chi connectivity index (χ0n) is 49.8. The van der Waals surface area contributed by atoms with E-state index in [1.807, 2.05) is 62.4 Å². The Labute approximate surface area is 512 Å². The number of rotatable bonds is 13. The summed E-state index contributed by atoms with van der Waals surface area (Å²) in [6.45, 7) is 6.60. The van der Waals surface area contributed by atoms with Gasteiger partial charge in [0.25, 0.3) is 11.8 Å². The third kappa shape index (κ3) is 21.7. The van der Waals surface area contributed by atoms with Crippen LogP contribution in [0.5, 0.6) is 35.0 Å². The lowest BCUT2D eigenvalue weighted by molar-refractivity contribution is -0.135. The van der Waals surface area contributed by atoms with Crippen molar-refractivity contribution in [2.75, 3.05) is 79.8 Å². The third-order valence-corrected chi connectivity index (χ3v) is 16.1. The highest BCUT2D eigenvalue weighted by molar-refractivity contribution is 7.93. The Morgan fingerprint density at radius 2 is 0.920 bits per heavy atom. The molecule has 7 N–H and O–H groups in total. The van der Waals surface area contributed by atoms with Crippen molar-refractivity contribution in [1.82, 2.24) is 40.5 Å². The van der Waals surface area contributed by atoms with E-state index in [-0.39, 0.29) is 41.6 Å². The smallest absolute Gasteiger partial charge is 0.323 e.